The van der Waals surface area contributed by atoms with Gasteiger partial charge < -0.3 is 15.2 Å². The second-order valence-electron chi connectivity index (χ2n) is 7.34. The molecule has 0 aliphatic carbocycles. The van der Waals surface area contributed by atoms with Gasteiger partial charge in [-0.25, -0.2) is 4.79 Å². The molecule has 0 aromatic rings. The Morgan fingerprint density at radius 1 is 1.00 bits per heavy atom. The van der Waals surface area contributed by atoms with Gasteiger partial charge in [-0.3, -0.25) is 14.4 Å². The first-order chi connectivity index (χ1) is 11.4. The fourth-order valence-corrected chi connectivity index (χ4v) is 2.04. The molecule has 0 unspecified atom stereocenters. The third-order valence-corrected chi connectivity index (χ3v) is 3.52. The van der Waals surface area contributed by atoms with E-state index in [2.05, 4.69) is 5.32 Å². The van der Waals surface area contributed by atoms with Crippen LogP contribution in [0.4, 0.5) is 0 Å². The molecule has 2 atom stereocenters. The van der Waals surface area contributed by atoms with Crippen molar-refractivity contribution in [1.82, 2.24) is 5.32 Å². The number of carbonyl (C=O) groups is 4. The number of carboxylic acid groups (broad SMARTS) is 1. The molecule has 0 heterocycles. The number of rotatable bonds is 11. The van der Waals surface area contributed by atoms with Crippen LogP contribution in [-0.2, 0) is 23.9 Å². The zero-order valence-electron chi connectivity index (χ0n) is 15.9. The quantitative estimate of drug-likeness (QED) is 0.434. The molecule has 0 radical (unpaired) electrons. The van der Waals surface area contributed by atoms with Crippen molar-refractivity contribution >= 4 is 23.6 Å². The van der Waals surface area contributed by atoms with E-state index in [1.54, 1.807) is 34.6 Å². The smallest absolute Gasteiger partial charge is 0.328 e. The number of aliphatic carboxylic acids is 1. The average molecular weight is 357 g/mol. The summed E-state index contributed by atoms with van der Waals surface area (Å²) in [5.41, 5.74) is -0.616. The molecule has 2 N–H and O–H groups in total. The first kappa shape index (κ1) is 23.1. The van der Waals surface area contributed by atoms with Crippen molar-refractivity contribution in [3.8, 4) is 0 Å². The first-order valence-electron chi connectivity index (χ1n) is 8.69. The van der Waals surface area contributed by atoms with Crippen LogP contribution in [-0.4, -0.2) is 40.4 Å². The lowest BCUT2D eigenvalue weighted by Gasteiger charge is -2.23. The van der Waals surface area contributed by atoms with Crippen LogP contribution < -0.4 is 5.32 Å². The van der Waals surface area contributed by atoms with Crippen molar-refractivity contribution < 1.29 is 29.0 Å². The molecule has 0 rings (SSSR count). The summed E-state index contributed by atoms with van der Waals surface area (Å²) in [6.07, 6.45) is 2.07. The Kier molecular flexibility index (Phi) is 10.0. The summed E-state index contributed by atoms with van der Waals surface area (Å²) < 4.78 is 5.20. The van der Waals surface area contributed by atoms with Gasteiger partial charge in [-0.05, 0) is 47.0 Å². The molecule has 0 fully saturated rings. The zero-order chi connectivity index (χ0) is 19.6. The summed E-state index contributed by atoms with van der Waals surface area (Å²) in [6.45, 7) is 8.53. The largest absolute Gasteiger partial charge is 0.481 e. The highest BCUT2D eigenvalue weighted by Crippen LogP contribution is 2.12. The maximum atomic E-state index is 12.1. The van der Waals surface area contributed by atoms with Gasteiger partial charge in [0, 0.05) is 25.2 Å². The number of Topliss-reactive ketones (excluding diaryl/α,β-unsaturated/α-hetero) is 1. The molecule has 7 nitrogen and oxygen atoms in total. The van der Waals surface area contributed by atoms with Gasteiger partial charge in [0.2, 0.25) is 5.91 Å². The number of amides is 1. The van der Waals surface area contributed by atoms with Crippen LogP contribution in [0.15, 0.2) is 0 Å². The fourth-order valence-electron chi connectivity index (χ4n) is 2.04. The van der Waals surface area contributed by atoms with Crippen LogP contribution in [0.5, 0.6) is 0 Å². The lowest BCUT2D eigenvalue weighted by Crippen LogP contribution is -2.44. The molecule has 0 aliphatic heterocycles. The van der Waals surface area contributed by atoms with Crippen LogP contribution in [0.2, 0.25) is 0 Å². The molecule has 0 spiro atoms. The molecule has 0 bridgehead atoms. The molecule has 144 valence electrons. The normalized spacial score (nSPS) is 13.6. The summed E-state index contributed by atoms with van der Waals surface area (Å²) in [4.78, 5) is 46.1. The third kappa shape index (κ3) is 12.1. The van der Waals surface area contributed by atoms with Crippen molar-refractivity contribution in [3.05, 3.63) is 0 Å². The topological polar surface area (TPSA) is 110 Å². The van der Waals surface area contributed by atoms with Gasteiger partial charge in [0.05, 0.1) is 0 Å². The highest BCUT2D eigenvalue weighted by molar-refractivity contribution is 5.86. The van der Waals surface area contributed by atoms with Crippen molar-refractivity contribution in [2.75, 3.05) is 0 Å². The fraction of sp³-hybridized carbons (Fsp3) is 0.778. The molecule has 7 heteroatoms. The third-order valence-electron chi connectivity index (χ3n) is 3.52. The van der Waals surface area contributed by atoms with Crippen LogP contribution >= 0.6 is 0 Å². The van der Waals surface area contributed by atoms with Gasteiger partial charge in [0.15, 0.2) is 0 Å². The molecule has 0 saturated heterocycles. The maximum absolute atomic E-state index is 12.1. The highest BCUT2D eigenvalue weighted by Gasteiger charge is 2.24. The van der Waals surface area contributed by atoms with Crippen LogP contribution in [0, 0.1) is 5.92 Å². The molecular weight excluding hydrogens is 326 g/mol. The first-order valence-corrected chi connectivity index (χ1v) is 8.69. The van der Waals surface area contributed by atoms with E-state index < -0.39 is 29.5 Å². The number of carbonyl (C=O) groups excluding carboxylic acids is 3. The van der Waals surface area contributed by atoms with Gasteiger partial charge in [0.1, 0.15) is 17.4 Å². The van der Waals surface area contributed by atoms with Crippen LogP contribution in [0.1, 0.15) is 73.1 Å². The van der Waals surface area contributed by atoms with Crippen molar-refractivity contribution in [3.63, 3.8) is 0 Å². The summed E-state index contributed by atoms with van der Waals surface area (Å²) in [5.74, 6) is -2.03. The molecule has 1 amide bonds. The van der Waals surface area contributed by atoms with Crippen LogP contribution in [0.25, 0.3) is 0 Å². The average Bonchev–Trinajstić information content (AvgIpc) is 2.47. The second-order valence-corrected chi connectivity index (χ2v) is 7.34. The van der Waals surface area contributed by atoms with E-state index >= 15 is 0 Å². The predicted octanol–water partition coefficient (Wildman–Crippen LogP) is 2.46. The van der Waals surface area contributed by atoms with Crippen LogP contribution in [0.3, 0.4) is 0 Å². The van der Waals surface area contributed by atoms with Gasteiger partial charge in [-0.15, -0.1) is 0 Å². The second kappa shape index (κ2) is 10.8. The zero-order valence-corrected chi connectivity index (χ0v) is 15.9. The van der Waals surface area contributed by atoms with E-state index in [-0.39, 0.29) is 24.5 Å². The van der Waals surface area contributed by atoms with E-state index in [0.29, 0.717) is 25.7 Å². The number of unbranched alkanes of at least 4 members (excludes halogenated alkanes) is 1. The summed E-state index contributed by atoms with van der Waals surface area (Å²) >= 11 is 0. The highest BCUT2D eigenvalue weighted by atomic mass is 16.6. The van der Waals surface area contributed by atoms with Crippen molar-refractivity contribution in [1.29, 1.82) is 0 Å². The molecule has 0 aromatic heterocycles. The minimum Gasteiger partial charge on any atom is -0.481 e. The van der Waals surface area contributed by atoms with Crippen molar-refractivity contribution in [2.45, 2.75) is 84.8 Å². The van der Waals surface area contributed by atoms with Gasteiger partial charge in [-0.2, -0.15) is 0 Å². The Morgan fingerprint density at radius 3 is 2.08 bits per heavy atom. The van der Waals surface area contributed by atoms with E-state index in [0.717, 1.165) is 0 Å². The number of hydrogen-bond donors (Lipinski definition) is 2. The van der Waals surface area contributed by atoms with Crippen molar-refractivity contribution in [2.24, 2.45) is 5.92 Å². The number of hydrogen-bond acceptors (Lipinski definition) is 5. The number of esters is 1. The SMILES string of the molecule is C[C@H](CCC(=O)CCCCC(=O)O)C(=O)N[C@@H](C)C(=O)OC(C)(C)C. The maximum Gasteiger partial charge on any atom is 0.328 e. The molecule has 0 aromatic carbocycles. The summed E-state index contributed by atoms with van der Waals surface area (Å²) in [7, 11) is 0. The molecule has 0 aliphatic rings. The number of nitrogens with one attached hydrogen (secondary N) is 1. The molecule has 25 heavy (non-hydrogen) atoms. The summed E-state index contributed by atoms with van der Waals surface area (Å²) in [5, 5.41) is 11.1. The minimum absolute atomic E-state index is 0.0187. The Balaban J connectivity index is 4.11. The summed E-state index contributed by atoms with van der Waals surface area (Å²) in [6, 6.07) is -0.749. The van der Waals surface area contributed by atoms with E-state index in [4.69, 9.17) is 9.84 Å². The Hall–Kier alpha value is -1.92. The number of carboxylic acids is 1. The Bertz CT molecular complexity index is 480. The number of ether oxygens (including phenoxy) is 1. The molecular formula is C18H31NO6. The van der Waals surface area contributed by atoms with E-state index in [1.807, 2.05) is 0 Å². The van der Waals surface area contributed by atoms with E-state index in [9.17, 15) is 19.2 Å². The lowest BCUT2D eigenvalue weighted by molar-refractivity contribution is -0.158. The standard InChI is InChI=1S/C18H31NO6/c1-12(10-11-14(20)8-6-7-9-15(21)22)16(23)19-13(2)17(24)25-18(3,4)5/h12-13H,6-11H2,1-5H3,(H,19,23)(H,21,22)/t12-,13+/m1/s1. The van der Waals surface area contributed by atoms with E-state index in [1.165, 1.54) is 0 Å². The number of ketones is 1. The molecule has 0 saturated carbocycles. The van der Waals surface area contributed by atoms with Gasteiger partial charge >= 0.3 is 11.9 Å². The Morgan fingerprint density at radius 2 is 1.56 bits per heavy atom. The monoisotopic (exact) mass is 357 g/mol. The predicted molar refractivity (Wildman–Crippen MR) is 93.0 cm³/mol. The van der Waals surface area contributed by atoms with Gasteiger partial charge in [0.25, 0.3) is 0 Å². The lowest BCUT2D eigenvalue weighted by atomic mass is 10.00. The Labute approximate surface area is 149 Å². The van der Waals surface area contributed by atoms with Gasteiger partial charge in [-0.1, -0.05) is 6.92 Å². The minimum atomic E-state index is -0.864.